The average molecular weight is 303 g/mol. The quantitative estimate of drug-likeness (QED) is 0.683. The van der Waals surface area contributed by atoms with Crippen molar-refractivity contribution in [2.45, 2.75) is 13.1 Å². The summed E-state index contributed by atoms with van der Waals surface area (Å²) in [5, 5.41) is 10.4. The second-order valence-electron chi connectivity index (χ2n) is 4.26. The van der Waals surface area contributed by atoms with E-state index < -0.39 is 8.07 Å². The number of ether oxygens (including phenoxy) is 1. The van der Waals surface area contributed by atoms with Crippen LogP contribution in [0, 0.1) is 0 Å². The number of hydrogen-bond acceptors (Lipinski definition) is 3. The van der Waals surface area contributed by atoms with Crippen molar-refractivity contribution in [3.05, 3.63) is 28.2 Å². The van der Waals surface area contributed by atoms with Crippen molar-refractivity contribution in [3.63, 3.8) is 0 Å². The van der Waals surface area contributed by atoms with Gasteiger partial charge in [-0.15, -0.1) is 0 Å². The Morgan fingerprint density at radius 1 is 1.44 bits per heavy atom. The fourth-order valence-electron chi connectivity index (χ4n) is 1.31. The average Bonchev–Trinajstić information content (AvgIpc) is 2.27. The second-order valence-corrected chi connectivity index (χ2v) is 9.84. The highest BCUT2D eigenvalue weighted by atomic mass is 79.9. The number of esters is 1. The largest absolute Gasteiger partial charge is 0.465 e. The maximum absolute atomic E-state index is 11.4. The molecule has 0 atom stereocenters. The first-order valence-corrected chi connectivity index (χ1v) is 8.91. The van der Waals surface area contributed by atoms with Gasteiger partial charge in [0.2, 0.25) is 0 Å². The molecule has 0 aliphatic heterocycles. The second kappa shape index (κ2) is 5.12. The zero-order valence-corrected chi connectivity index (χ0v) is 12.2. The van der Waals surface area contributed by atoms with Gasteiger partial charge in [0.15, 0.2) is 0 Å². The Bertz CT molecular complexity index is 404. The molecular weight excluding hydrogens is 288 g/mol. The molecule has 88 valence electrons. The highest BCUT2D eigenvalue weighted by Gasteiger charge is 2.24. The van der Waals surface area contributed by atoms with Crippen LogP contribution in [0.15, 0.2) is 22.7 Å². The van der Waals surface area contributed by atoms with E-state index in [1.807, 2.05) is 6.07 Å². The Balaban J connectivity index is 3.23. The molecule has 0 amide bonds. The maximum atomic E-state index is 11.4. The first-order chi connectivity index (χ1) is 7.40. The summed E-state index contributed by atoms with van der Waals surface area (Å²) in [5.74, 6) is -0.356. The summed E-state index contributed by atoms with van der Waals surface area (Å²) >= 11 is 3.36. The van der Waals surface area contributed by atoms with Crippen molar-refractivity contribution in [2.75, 3.05) is 13.3 Å². The number of methoxy groups -OCH3 is 1. The Morgan fingerprint density at radius 3 is 2.56 bits per heavy atom. The molecule has 0 aromatic heterocycles. The van der Waals surface area contributed by atoms with Gasteiger partial charge in [-0.05, 0) is 18.2 Å². The highest BCUT2D eigenvalue weighted by molar-refractivity contribution is 9.10. The number of aliphatic hydroxyl groups is 1. The van der Waals surface area contributed by atoms with Gasteiger partial charge >= 0.3 is 5.97 Å². The fourth-order valence-corrected chi connectivity index (χ4v) is 3.29. The van der Waals surface area contributed by atoms with Crippen molar-refractivity contribution >= 4 is 35.2 Å². The van der Waals surface area contributed by atoms with Crippen LogP contribution in [-0.2, 0) is 4.74 Å². The molecule has 16 heavy (non-hydrogen) atoms. The molecule has 1 aromatic rings. The number of benzene rings is 1. The van der Waals surface area contributed by atoms with Gasteiger partial charge in [-0.25, -0.2) is 4.79 Å². The molecule has 0 bridgehead atoms. The molecule has 0 aliphatic rings. The van der Waals surface area contributed by atoms with E-state index in [-0.39, 0.29) is 12.2 Å². The normalized spacial score (nSPS) is 11.3. The predicted octanol–water partition coefficient (Wildman–Crippen LogP) is 1.68. The summed E-state index contributed by atoms with van der Waals surface area (Å²) in [6.45, 7) is 4.10. The fraction of sp³-hybridized carbons (Fsp3) is 0.364. The number of hydrogen-bond donors (Lipinski definition) is 1. The SMILES string of the molecule is COC(=O)c1cc(Br)cc([Si](C)(C)CO)c1. The lowest BCUT2D eigenvalue weighted by molar-refractivity contribution is 0.0600. The zero-order valence-electron chi connectivity index (χ0n) is 9.58. The Hall–Kier alpha value is -0.653. The summed E-state index contributed by atoms with van der Waals surface area (Å²) in [5.41, 5.74) is 0.515. The lowest BCUT2D eigenvalue weighted by atomic mass is 10.2. The van der Waals surface area contributed by atoms with E-state index in [0.717, 1.165) is 9.66 Å². The van der Waals surface area contributed by atoms with Crippen LogP contribution in [-0.4, -0.2) is 32.5 Å². The van der Waals surface area contributed by atoms with E-state index in [4.69, 9.17) is 0 Å². The minimum Gasteiger partial charge on any atom is -0.465 e. The lowest BCUT2D eigenvalue weighted by Crippen LogP contribution is -2.45. The van der Waals surface area contributed by atoms with Crippen LogP contribution in [0.1, 0.15) is 10.4 Å². The van der Waals surface area contributed by atoms with Crippen molar-refractivity contribution in [2.24, 2.45) is 0 Å². The number of carbonyl (C=O) groups excluding carboxylic acids is 1. The molecule has 1 aromatic carbocycles. The topological polar surface area (TPSA) is 46.5 Å². The molecule has 0 aliphatic carbocycles. The third-order valence-electron chi connectivity index (χ3n) is 2.50. The number of carbonyl (C=O) groups is 1. The third kappa shape index (κ3) is 2.93. The van der Waals surface area contributed by atoms with Crippen LogP contribution in [0.25, 0.3) is 0 Å². The molecule has 1 N–H and O–H groups in total. The van der Waals surface area contributed by atoms with E-state index in [9.17, 15) is 9.90 Å². The standard InChI is InChI=1S/C11H15BrO3Si/c1-15-11(14)8-4-9(12)6-10(5-8)16(2,3)7-13/h4-6,13H,7H2,1-3H3. The van der Waals surface area contributed by atoms with Crippen LogP contribution in [0.5, 0.6) is 0 Å². The molecular formula is C11H15BrO3Si. The van der Waals surface area contributed by atoms with Gasteiger partial charge in [0.25, 0.3) is 0 Å². The molecule has 5 heteroatoms. The Kier molecular flexibility index (Phi) is 4.29. The van der Waals surface area contributed by atoms with E-state index in [1.165, 1.54) is 7.11 Å². The molecule has 1 rings (SSSR count). The first kappa shape index (κ1) is 13.4. The number of halogens is 1. The van der Waals surface area contributed by atoms with Gasteiger partial charge in [-0.1, -0.05) is 34.2 Å². The van der Waals surface area contributed by atoms with Gasteiger partial charge in [0, 0.05) is 10.7 Å². The van der Waals surface area contributed by atoms with Crippen molar-refractivity contribution in [1.29, 1.82) is 0 Å². The monoisotopic (exact) mass is 302 g/mol. The third-order valence-corrected chi connectivity index (χ3v) is 5.60. The Morgan fingerprint density at radius 2 is 2.06 bits per heavy atom. The molecule has 3 nitrogen and oxygen atoms in total. The molecule has 0 heterocycles. The molecule has 0 unspecified atom stereocenters. The van der Waals surface area contributed by atoms with E-state index in [1.54, 1.807) is 12.1 Å². The lowest BCUT2D eigenvalue weighted by Gasteiger charge is -2.20. The molecule has 0 saturated carbocycles. The van der Waals surface area contributed by atoms with Gasteiger partial charge < -0.3 is 9.84 Å². The van der Waals surface area contributed by atoms with Crippen LogP contribution < -0.4 is 5.19 Å². The van der Waals surface area contributed by atoms with Gasteiger partial charge in [-0.2, -0.15) is 0 Å². The summed E-state index contributed by atoms with van der Waals surface area (Å²) in [6, 6.07) is 5.48. The zero-order chi connectivity index (χ0) is 12.3. The number of rotatable bonds is 3. The summed E-state index contributed by atoms with van der Waals surface area (Å²) in [7, 11) is -0.498. The molecule has 0 saturated heterocycles. The minimum absolute atomic E-state index is 0.157. The van der Waals surface area contributed by atoms with E-state index >= 15 is 0 Å². The number of aliphatic hydroxyl groups excluding tert-OH is 1. The van der Waals surface area contributed by atoms with Gasteiger partial charge in [-0.3, -0.25) is 0 Å². The highest BCUT2D eigenvalue weighted by Crippen LogP contribution is 2.14. The van der Waals surface area contributed by atoms with Crippen LogP contribution >= 0.6 is 15.9 Å². The van der Waals surface area contributed by atoms with E-state index in [2.05, 4.69) is 33.8 Å². The van der Waals surface area contributed by atoms with E-state index in [0.29, 0.717) is 5.56 Å². The molecule has 0 spiro atoms. The summed E-state index contributed by atoms with van der Waals surface area (Å²) < 4.78 is 5.52. The van der Waals surface area contributed by atoms with Crippen molar-refractivity contribution < 1.29 is 14.6 Å². The van der Waals surface area contributed by atoms with Crippen LogP contribution in [0.3, 0.4) is 0 Å². The van der Waals surface area contributed by atoms with Crippen LogP contribution in [0.4, 0.5) is 0 Å². The van der Waals surface area contributed by atoms with Gasteiger partial charge in [0.1, 0.15) is 8.07 Å². The van der Waals surface area contributed by atoms with Crippen molar-refractivity contribution in [3.8, 4) is 0 Å². The summed E-state index contributed by atoms with van der Waals surface area (Å²) in [6.07, 6.45) is 0.157. The first-order valence-electron chi connectivity index (χ1n) is 4.91. The molecule has 0 radical (unpaired) electrons. The van der Waals surface area contributed by atoms with Crippen LogP contribution in [0.2, 0.25) is 13.1 Å². The minimum atomic E-state index is -1.86. The molecule has 0 fully saturated rings. The Labute approximate surface area is 105 Å². The predicted molar refractivity (Wildman–Crippen MR) is 69.7 cm³/mol. The van der Waals surface area contributed by atoms with Crippen molar-refractivity contribution in [1.82, 2.24) is 0 Å². The smallest absolute Gasteiger partial charge is 0.337 e. The maximum Gasteiger partial charge on any atom is 0.337 e. The summed E-state index contributed by atoms with van der Waals surface area (Å²) in [4.78, 5) is 11.4. The van der Waals surface area contributed by atoms with Gasteiger partial charge in [0.05, 0.1) is 12.7 Å².